The second-order valence-corrected chi connectivity index (χ2v) is 8.98. The van der Waals surface area contributed by atoms with Crippen molar-refractivity contribution < 1.29 is 4.48 Å². The highest BCUT2D eigenvalue weighted by molar-refractivity contribution is 5.89. The molecule has 1 saturated heterocycles. The number of nitrogens with one attached hydrogen (secondary N) is 1. The molecular formula is C19H38N5+. The van der Waals surface area contributed by atoms with Gasteiger partial charge in [-0.05, 0) is 59.3 Å². The van der Waals surface area contributed by atoms with E-state index >= 15 is 0 Å². The summed E-state index contributed by atoms with van der Waals surface area (Å²) in [5.74, 6) is 1.89. The van der Waals surface area contributed by atoms with E-state index in [-0.39, 0.29) is 6.04 Å². The van der Waals surface area contributed by atoms with E-state index in [2.05, 4.69) is 45.1 Å². The molecule has 0 radical (unpaired) electrons. The molecule has 3 aliphatic rings. The summed E-state index contributed by atoms with van der Waals surface area (Å²) in [6, 6.07) is 2.40. The Morgan fingerprint density at radius 1 is 1.12 bits per heavy atom. The molecule has 2 aliphatic heterocycles. The largest absolute Gasteiger partial charge is 0.365 e. The number of piperidine rings is 1. The first kappa shape index (κ1) is 18.0. The van der Waals surface area contributed by atoms with E-state index in [0.29, 0.717) is 24.2 Å². The minimum Gasteiger partial charge on any atom is -0.365 e. The van der Waals surface area contributed by atoms with Gasteiger partial charge in [-0.2, -0.15) is 5.10 Å². The molecule has 4 unspecified atom stereocenters. The van der Waals surface area contributed by atoms with Crippen molar-refractivity contribution in [3.63, 3.8) is 0 Å². The molecule has 5 heteroatoms. The van der Waals surface area contributed by atoms with E-state index in [0.717, 1.165) is 29.3 Å². The lowest BCUT2D eigenvalue weighted by Gasteiger charge is -2.42. The summed E-state index contributed by atoms with van der Waals surface area (Å²) < 4.78 is 1.08. The van der Waals surface area contributed by atoms with Crippen molar-refractivity contribution in [3.8, 4) is 0 Å². The molecule has 1 saturated carbocycles. The first-order valence-electron chi connectivity index (χ1n) is 10.1. The van der Waals surface area contributed by atoms with Crippen molar-refractivity contribution in [3.05, 3.63) is 0 Å². The lowest BCUT2D eigenvalue weighted by Crippen LogP contribution is -2.58. The second-order valence-electron chi connectivity index (χ2n) is 8.98. The minimum absolute atomic E-state index is 0.0726. The number of nitrogens with two attached hydrogens (primary N) is 1. The molecule has 2 heterocycles. The topological polar surface area (TPSA) is 53.7 Å². The zero-order valence-corrected chi connectivity index (χ0v) is 16.3. The van der Waals surface area contributed by atoms with Crippen LogP contribution in [0.25, 0.3) is 0 Å². The molecule has 24 heavy (non-hydrogen) atoms. The summed E-state index contributed by atoms with van der Waals surface area (Å²) in [6.07, 6.45) is 6.62. The third-order valence-corrected chi connectivity index (χ3v) is 7.34. The summed E-state index contributed by atoms with van der Waals surface area (Å²) in [5.41, 5.74) is 6.55. The van der Waals surface area contributed by atoms with Crippen molar-refractivity contribution in [2.75, 3.05) is 20.1 Å². The van der Waals surface area contributed by atoms with Crippen LogP contribution < -0.4 is 11.1 Å². The maximum Gasteiger partial charge on any atom is 0.141 e. The highest BCUT2D eigenvalue weighted by Crippen LogP contribution is 2.41. The van der Waals surface area contributed by atoms with Gasteiger partial charge in [0.2, 0.25) is 0 Å². The molecule has 0 bridgehead atoms. The van der Waals surface area contributed by atoms with Gasteiger partial charge in [0.05, 0.1) is 50.3 Å². The van der Waals surface area contributed by atoms with E-state index in [4.69, 9.17) is 10.8 Å². The van der Waals surface area contributed by atoms with E-state index in [1.54, 1.807) is 0 Å². The smallest absolute Gasteiger partial charge is 0.141 e. The maximum atomic E-state index is 6.55. The Hall–Kier alpha value is -0.810. The molecule has 4 atom stereocenters. The van der Waals surface area contributed by atoms with Gasteiger partial charge in [-0.25, -0.2) is 0 Å². The maximum absolute atomic E-state index is 6.55. The number of rotatable bonds is 5. The van der Waals surface area contributed by atoms with Crippen LogP contribution in [0.1, 0.15) is 59.8 Å². The molecule has 0 spiro atoms. The predicted octanol–water partition coefficient (Wildman–Crippen LogP) is 2.13. The Labute approximate surface area is 148 Å². The number of likely N-dealkylation sites (N-methyl/N-ethyl adjacent to an activating group) is 1. The van der Waals surface area contributed by atoms with Gasteiger partial charge in [0.1, 0.15) is 5.84 Å². The predicted molar refractivity (Wildman–Crippen MR) is 101 cm³/mol. The summed E-state index contributed by atoms with van der Waals surface area (Å²) in [4.78, 5) is 0. The third-order valence-electron chi connectivity index (χ3n) is 7.34. The minimum atomic E-state index is 0.0726. The van der Waals surface area contributed by atoms with Gasteiger partial charge < -0.3 is 15.5 Å². The zero-order valence-electron chi connectivity index (χ0n) is 16.3. The quantitative estimate of drug-likeness (QED) is 0.756. The molecule has 3 N–H and O–H groups in total. The van der Waals surface area contributed by atoms with Crippen LogP contribution in [0.15, 0.2) is 5.10 Å². The summed E-state index contributed by atoms with van der Waals surface area (Å²) in [6.45, 7) is 11.3. The van der Waals surface area contributed by atoms with E-state index in [1.807, 2.05) is 0 Å². The van der Waals surface area contributed by atoms with Crippen LogP contribution in [0.5, 0.6) is 0 Å². The van der Waals surface area contributed by atoms with Crippen molar-refractivity contribution in [1.29, 1.82) is 0 Å². The normalized spacial score (nSPS) is 33.0. The Morgan fingerprint density at radius 3 is 2.50 bits per heavy atom. The van der Waals surface area contributed by atoms with Crippen LogP contribution in [0.4, 0.5) is 0 Å². The van der Waals surface area contributed by atoms with E-state index in [1.165, 1.54) is 32.1 Å². The third kappa shape index (κ3) is 3.05. The second kappa shape index (κ2) is 6.83. The van der Waals surface area contributed by atoms with Crippen LogP contribution in [0.3, 0.4) is 0 Å². The summed E-state index contributed by atoms with van der Waals surface area (Å²) in [7, 11) is 2.36. The first-order chi connectivity index (χ1) is 11.3. The first-order valence-corrected chi connectivity index (χ1v) is 10.1. The Bertz CT molecular complexity index is 464. The highest BCUT2D eigenvalue weighted by Gasteiger charge is 2.46. The molecule has 3 rings (SSSR count). The average Bonchev–Trinajstić information content (AvgIpc) is 3.12. The summed E-state index contributed by atoms with van der Waals surface area (Å²) >= 11 is 0. The Morgan fingerprint density at radius 2 is 1.83 bits per heavy atom. The Kier molecular flexibility index (Phi) is 5.12. The number of hydrogen-bond donors (Lipinski definition) is 2. The molecule has 5 nitrogen and oxygen atoms in total. The van der Waals surface area contributed by atoms with Crippen molar-refractivity contribution in [2.24, 2.45) is 16.8 Å². The van der Waals surface area contributed by atoms with Gasteiger partial charge in [0, 0.05) is 0 Å². The lowest BCUT2D eigenvalue weighted by atomic mass is 9.87. The number of hydrazone groups is 1. The molecule has 0 aromatic rings. The number of hydrogen-bond acceptors (Lipinski definition) is 4. The van der Waals surface area contributed by atoms with Gasteiger partial charge in [0.15, 0.2) is 0 Å². The van der Waals surface area contributed by atoms with Crippen molar-refractivity contribution in [2.45, 2.75) is 90.0 Å². The fourth-order valence-electron chi connectivity index (χ4n) is 5.02. The molecular weight excluding hydrogens is 298 g/mol. The van der Waals surface area contributed by atoms with Crippen molar-refractivity contribution in [1.82, 2.24) is 10.3 Å². The zero-order chi connectivity index (χ0) is 17.5. The monoisotopic (exact) mass is 336 g/mol. The Balaban J connectivity index is 1.60. The van der Waals surface area contributed by atoms with Crippen LogP contribution >= 0.6 is 0 Å². The van der Waals surface area contributed by atoms with Crippen LogP contribution in [0.2, 0.25) is 0 Å². The van der Waals surface area contributed by atoms with Crippen LogP contribution in [0, 0.1) is 5.92 Å². The fraction of sp³-hybridized carbons (Fsp3) is 0.947. The van der Waals surface area contributed by atoms with E-state index < -0.39 is 0 Å². The standard InChI is InChI=1S/C19H38N5/c1-13(2)24(5,14(3)4)12-11-21-19-18(20)17-10-9-15-7-6-8-16(15)23(17)22-19/h13-18H,6-12,20H2,1-5H3,(H,21,22)/q+1. The van der Waals surface area contributed by atoms with Crippen LogP contribution in [-0.4, -0.2) is 65.7 Å². The van der Waals surface area contributed by atoms with Gasteiger partial charge in [-0.3, -0.25) is 5.01 Å². The van der Waals surface area contributed by atoms with Crippen molar-refractivity contribution >= 4 is 5.84 Å². The van der Waals surface area contributed by atoms with E-state index in [9.17, 15) is 0 Å². The molecule has 0 aromatic heterocycles. The highest BCUT2D eigenvalue weighted by atomic mass is 15.5. The SMILES string of the molecule is CC(C)[N+](C)(CCNC1=NN2C3CCCC3CCC2C1N)C(C)C. The number of quaternary nitrogens is 1. The molecule has 138 valence electrons. The molecule has 0 amide bonds. The molecule has 2 fully saturated rings. The van der Waals surface area contributed by atoms with Gasteiger partial charge in [0.25, 0.3) is 0 Å². The van der Waals surface area contributed by atoms with Gasteiger partial charge >= 0.3 is 0 Å². The molecule has 0 aromatic carbocycles. The molecule has 1 aliphatic carbocycles. The number of amidine groups is 1. The van der Waals surface area contributed by atoms with Gasteiger partial charge in [-0.15, -0.1) is 0 Å². The van der Waals surface area contributed by atoms with Gasteiger partial charge in [-0.1, -0.05) is 6.42 Å². The fourth-order valence-corrected chi connectivity index (χ4v) is 5.02. The number of nitrogens with zero attached hydrogens (tertiary/aromatic N) is 3. The average molecular weight is 337 g/mol. The van der Waals surface area contributed by atoms with Crippen LogP contribution in [-0.2, 0) is 0 Å². The summed E-state index contributed by atoms with van der Waals surface area (Å²) in [5, 5.41) is 10.9. The lowest BCUT2D eigenvalue weighted by molar-refractivity contribution is -0.948. The number of fused-ring (bicyclic) bond motifs is 3.